The molecule has 0 aliphatic heterocycles. The average Bonchev–Trinajstić information content (AvgIpc) is 2.93. The molecule has 22 heavy (non-hydrogen) atoms. The van der Waals surface area contributed by atoms with Crippen LogP contribution in [0.3, 0.4) is 0 Å². The van der Waals surface area contributed by atoms with Gasteiger partial charge in [-0.1, -0.05) is 20.8 Å². The topological polar surface area (TPSA) is 83.1 Å². The van der Waals surface area contributed by atoms with Crippen molar-refractivity contribution in [3.63, 3.8) is 0 Å². The molecule has 0 saturated heterocycles. The number of carbonyl (C=O) groups excluding carboxylic acids is 2. The number of hydrogen-bond acceptors (Lipinski definition) is 4. The highest BCUT2D eigenvalue weighted by molar-refractivity contribution is 7.09. The summed E-state index contributed by atoms with van der Waals surface area (Å²) in [7, 11) is 0. The van der Waals surface area contributed by atoms with Crippen molar-refractivity contribution in [2.75, 3.05) is 13.1 Å². The molecule has 124 valence electrons. The first-order valence-electron chi connectivity index (χ1n) is 7.70. The number of carbonyl (C=O) groups is 2. The fourth-order valence-corrected chi connectivity index (χ4v) is 2.59. The van der Waals surface area contributed by atoms with Gasteiger partial charge in [0, 0.05) is 30.8 Å². The minimum absolute atomic E-state index is 0.168. The Balaban J connectivity index is 2.26. The van der Waals surface area contributed by atoms with Crippen molar-refractivity contribution in [2.45, 2.75) is 52.5 Å². The third-order valence-electron chi connectivity index (χ3n) is 3.02. The van der Waals surface area contributed by atoms with E-state index >= 15 is 0 Å². The fraction of sp³-hybridized carbons (Fsp3) is 0.667. The largest absolute Gasteiger partial charge is 0.354 e. The Morgan fingerprint density at radius 2 is 1.95 bits per heavy atom. The van der Waals surface area contributed by atoms with E-state index in [1.807, 2.05) is 12.3 Å². The van der Waals surface area contributed by atoms with Crippen LogP contribution in [0, 0.1) is 0 Å². The van der Waals surface area contributed by atoms with Crippen LogP contribution < -0.4 is 16.0 Å². The number of nitrogens with one attached hydrogen (secondary N) is 3. The van der Waals surface area contributed by atoms with E-state index in [0.29, 0.717) is 25.4 Å². The van der Waals surface area contributed by atoms with Crippen molar-refractivity contribution in [3.05, 3.63) is 16.1 Å². The van der Waals surface area contributed by atoms with Gasteiger partial charge in [0.1, 0.15) is 6.04 Å². The van der Waals surface area contributed by atoms with Gasteiger partial charge < -0.3 is 16.0 Å². The Morgan fingerprint density at radius 3 is 2.55 bits per heavy atom. The number of aromatic nitrogens is 1. The van der Waals surface area contributed by atoms with E-state index in [0.717, 1.165) is 17.1 Å². The zero-order valence-electron chi connectivity index (χ0n) is 13.7. The second kappa shape index (κ2) is 9.40. The molecule has 0 aliphatic rings. The molecule has 7 heteroatoms. The Morgan fingerprint density at radius 1 is 1.23 bits per heavy atom. The third kappa shape index (κ3) is 6.43. The molecular weight excluding hydrogens is 300 g/mol. The Bertz CT molecular complexity index is 488. The molecule has 3 N–H and O–H groups in total. The lowest BCUT2D eigenvalue weighted by atomic mass is 10.2. The van der Waals surface area contributed by atoms with E-state index in [4.69, 9.17) is 0 Å². The molecule has 0 saturated carbocycles. The first kappa shape index (κ1) is 18.4. The summed E-state index contributed by atoms with van der Waals surface area (Å²) in [4.78, 5) is 27.9. The summed E-state index contributed by atoms with van der Waals surface area (Å²) in [5.41, 5.74) is 0.989. The lowest BCUT2D eigenvalue weighted by molar-refractivity contribution is -0.122. The van der Waals surface area contributed by atoms with Gasteiger partial charge in [-0.2, -0.15) is 0 Å². The van der Waals surface area contributed by atoms with Gasteiger partial charge in [0.15, 0.2) is 0 Å². The molecule has 0 unspecified atom stereocenters. The van der Waals surface area contributed by atoms with Crippen LogP contribution in [0.1, 0.15) is 50.7 Å². The molecule has 0 fully saturated rings. The molecule has 0 radical (unpaired) electrons. The second-order valence-electron chi connectivity index (χ2n) is 5.49. The zero-order valence-corrected chi connectivity index (χ0v) is 14.5. The second-order valence-corrected chi connectivity index (χ2v) is 6.38. The molecule has 1 aromatic heterocycles. The Hall–Kier alpha value is -1.63. The molecular formula is C15H26N4O2S. The molecule has 0 bridgehead atoms. The molecule has 0 spiro atoms. The van der Waals surface area contributed by atoms with Crippen LogP contribution in [-0.4, -0.2) is 36.1 Å². The summed E-state index contributed by atoms with van der Waals surface area (Å²) < 4.78 is 0. The van der Waals surface area contributed by atoms with Crippen LogP contribution >= 0.6 is 11.3 Å². The van der Waals surface area contributed by atoms with E-state index < -0.39 is 6.04 Å². The van der Waals surface area contributed by atoms with Crippen molar-refractivity contribution in [2.24, 2.45) is 0 Å². The molecule has 1 atom stereocenters. The van der Waals surface area contributed by atoms with Gasteiger partial charge in [-0.3, -0.25) is 4.79 Å². The molecule has 1 aromatic rings. The smallest absolute Gasteiger partial charge is 0.315 e. The van der Waals surface area contributed by atoms with Crippen molar-refractivity contribution in [1.82, 2.24) is 20.9 Å². The van der Waals surface area contributed by atoms with Crippen molar-refractivity contribution in [1.29, 1.82) is 0 Å². The standard InChI is InChI=1S/C15H26N4O2S/c1-5-7-16-13(20)11(4)18-15(21)17-8-6-12-9-22-14(19-12)10(2)3/h9-11H,5-8H2,1-4H3,(H,16,20)(H2,17,18,21)/t11-/m0/s1. The minimum atomic E-state index is -0.543. The quantitative estimate of drug-likeness (QED) is 0.683. The van der Waals surface area contributed by atoms with E-state index in [2.05, 4.69) is 34.8 Å². The lowest BCUT2D eigenvalue weighted by Crippen LogP contribution is -2.48. The van der Waals surface area contributed by atoms with Crippen LogP contribution in [-0.2, 0) is 11.2 Å². The predicted octanol–water partition coefficient (Wildman–Crippen LogP) is 2.02. The first-order chi connectivity index (χ1) is 10.4. The number of amides is 3. The molecule has 0 aromatic carbocycles. The Kier molecular flexibility index (Phi) is 7.87. The normalized spacial score (nSPS) is 12.0. The van der Waals surface area contributed by atoms with E-state index in [1.54, 1.807) is 18.3 Å². The van der Waals surface area contributed by atoms with Gasteiger partial charge in [-0.15, -0.1) is 11.3 Å². The van der Waals surface area contributed by atoms with Gasteiger partial charge in [0.2, 0.25) is 5.91 Å². The third-order valence-corrected chi connectivity index (χ3v) is 4.21. The number of nitrogens with zero attached hydrogens (tertiary/aromatic N) is 1. The average molecular weight is 326 g/mol. The highest BCUT2D eigenvalue weighted by Gasteiger charge is 2.14. The van der Waals surface area contributed by atoms with Crippen molar-refractivity contribution >= 4 is 23.3 Å². The molecule has 0 aliphatic carbocycles. The van der Waals surface area contributed by atoms with Gasteiger partial charge in [-0.25, -0.2) is 9.78 Å². The number of urea groups is 1. The summed E-state index contributed by atoms with van der Waals surface area (Å²) in [6.07, 6.45) is 1.56. The summed E-state index contributed by atoms with van der Waals surface area (Å²) >= 11 is 1.65. The SMILES string of the molecule is CCCNC(=O)[C@H](C)NC(=O)NCCc1csc(C(C)C)n1. The van der Waals surface area contributed by atoms with Crippen molar-refractivity contribution in [3.8, 4) is 0 Å². The van der Waals surface area contributed by atoms with E-state index in [-0.39, 0.29) is 11.9 Å². The molecule has 1 rings (SSSR count). The van der Waals surface area contributed by atoms with Gasteiger partial charge in [0.05, 0.1) is 10.7 Å². The summed E-state index contributed by atoms with van der Waals surface area (Å²) in [5.74, 6) is 0.260. The summed E-state index contributed by atoms with van der Waals surface area (Å²) in [5, 5.41) is 11.2. The molecule has 3 amide bonds. The first-order valence-corrected chi connectivity index (χ1v) is 8.58. The Labute approximate surface area is 136 Å². The predicted molar refractivity (Wildman–Crippen MR) is 89.2 cm³/mol. The number of thiazole rings is 1. The summed E-state index contributed by atoms with van der Waals surface area (Å²) in [6, 6.07) is -0.878. The van der Waals surface area contributed by atoms with Gasteiger partial charge >= 0.3 is 6.03 Å². The summed E-state index contributed by atoms with van der Waals surface area (Å²) in [6.45, 7) is 8.98. The molecule has 1 heterocycles. The van der Waals surface area contributed by atoms with Crippen LogP contribution in [0.4, 0.5) is 4.79 Å². The number of hydrogen-bond donors (Lipinski definition) is 3. The maximum absolute atomic E-state index is 11.7. The zero-order chi connectivity index (χ0) is 16.5. The van der Waals surface area contributed by atoms with E-state index in [1.165, 1.54) is 0 Å². The lowest BCUT2D eigenvalue weighted by Gasteiger charge is -2.14. The highest BCUT2D eigenvalue weighted by atomic mass is 32.1. The number of rotatable bonds is 8. The molecule has 6 nitrogen and oxygen atoms in total. The maximum atomic E-state index is 11.7. The van der Waals surface area contributed by atoms with Crippen LogP contribution in [0.5, 0.6) is 0 Å². The monoisotopic (exact) mass is 326 g/mol. The van der Waals surface area contributed by atoms with Crippen LogP contribution in [0.25, 0.3) is 0 Å². The minimum Gasteiger partial charge on any atom is -0.354 e. The van der Waals surface area contributed by atoms with Crippen LogP contribution in [0.15, 0.2) is 5.38 Å². The van der Waals surface area contributed by atoms with Crippen molar-refractivity contribution < 1.29 is 9.59 Å². The maximum Gasteiger partial charge on any atom is 0.315 e. The van der Waals surface area contributed by atoms with Crippen LogP contribution in [0.2, 0.25) is 0 Å². The van der Waals surface area contributed by atoms with Gasteiger partial charge in [-0.05, 0) is 13.3 Å². The van der Waals surface area contributed by atoms with E-state index in [9.17, 15) is 9.59 Å². The van der Waals surface area contributed by atoms with Gasteiger partial charge in [0.25, 0.3) is 0 Å². The fourth-order valence-electron chi connectivity index (χ4n) is 1.72. The highest BCUT2D eigenvalue weighted by Crippen LogP contribution is 2.19.